The van der Waals surface area contributed by atoms with Crippen molar-refractivity contribution in [1.29, 1.82) is 5.26 Å². The largest absolute Gasteiger partial charge is 0.478 e. The van der Waals surface area contributed by atoms with Crippen LogP contribution in [0, 0.1) is 21.4 Å². The lowest BCUT2D eigenvalue weighted by Crippen LogP contribution is -2.06. The highest BCUT2D eigenvalue weighted by Crippen LogP contribution is 2.25. The predicted molar refractivity (Wildman–Crippen MR) is 95.8 cm³/mol. The summed E-state index contributed by atoms with van der Waals surface area (Å²) in [6.45, 7) is 2.81. The van der Waals surface area contributed by atoms with Crippen LogP contribution in [0.3, 0.4) is 0 Å². The van der Waals surface area contributed by atoms with Crippen LogP contribution < -0.4 is 10.1 Å². The Balaban J connectivity index is 1.91. The van der Waals surface area contributed by atoms with E-state index < -0.39 is 4.92 Å². The van der Waals surface area contributed by atoms with Crippen molar-refractivity contribution in [2.24, 2.45) is 0 Å². The fraction of sp³-hybridized carbons (Fsp3) is 0.167. The molecule has 1 N–H and O–H groups in total. The van der Waals surface area contributed by atoms with Crippen LogP contribution >= 0.6 is 0 Å². The van der Waals surface area contributed by atoms with E-state index in [-0.39, 0.29) is 5.69 Å². The van der Waals surface area contributed by atoms with Crippen molar-refractivity contribution in [2.45, 2.75) is 13.5 Å². The molecule has 0 saturated carbocycles. The van der Waals surface area contributed by atoms with Gasteiger partial charge in [-0.1, -0.05) is 6.07 Å². The average Bonchev–Trinajstić information content (AvgIpc) is 2.66. The summed E-state index contributed by atoms with van der Waals surface area (Å²) in [5.74, 6) is 1.04. The van der Waals surface area contributed by atoms with Crippen LogP contribution in [0.4, 0.5) is 11.5 Å². The number of fused-ring (bicyclic) bond motifs is 1. The van der Waals surface area contributed by atoms with Crippen molar-refractivity contribution in [3.8, 4) is 11.9 Å². The smallest absolute Gasteiger partial charge is 0.270 e. The minimum atomic E-state index is -0.496. The van der Waals surface area contributed by atoms with Gasteiger partial charge in [-0.25, -0.2) is 9.97 Å². The molecule has 8 nitrogen and oxygen atoms in total. The standard InChI is InChI=1S/C18H15N5O3/c1-2-26-18-12(4-3-7-20-18)11-21-17-8-13(10-19)15-9-14(23(24)25)5-6-16(15)22-17/h3-9H,2,11H2,1H3,(H,21,22). The molecule has 0 spiro atoms. The number of pyridine rings is 2. The number of non-ortho nitro benzene ring substituents is 1. The van der Waals surface area contributed by atoms with E-state index in [4.69, 9.17) is 4.74 Å². The zero-order chi connectivity index (χ0) is 18.5. The van der Waals surface area contributed by atoms with Crippen molar-refractivity contribution in [1.82, 2.24) is 9.97 Å². The van der Waals surface area contributed by atoms with Gasteiger partial charge in [-0.05, 0) is 25.1 Å². The number of anilines is 1. The third kappa shape index (κ3) is 3.52. The second-order valence-electron chi connectivity index (χ2n) is 5.38. The Kier molecular flexibility index (Phi) is 4.90. The second-order valence-corrected chi connectivity index (χ2v) is 5.38. The van der Waals surface area contributed by atoms with Gasteiger partial charge in [0.05, 0.1) is 28.7 Å². The van der Waals surface area contributed by atoms with Crippen molar-refractivity contribution >= 4 is 22.4 Å². The molecule has 2 aromatic heterocycles. The Bertz CT molecular complexity index is 1010. The molecule has 130 valence electrons. The predicted octanol–water partition coefficient (Wildman–Crippen LogP) is 3.42. The zero-order valence-electron chi connectivity index (χ0n) is 14.0. The van der Waals surface area contributed by atoms with Gasteiger partial charge in [0.2, 0.25) is 5.88 Å². The number of nitrogens with zero attached hydrogens (tertiary/aromatic N) is 4. The van der Waals surface area contributed by atoms with E-state index in [1.165, 1.54) is 18.2 Å². The van der Waals surface area contributed by atoms with Gasteiger partial charge in [-0.3, -0.25) is 10.1 Å². The van der Waals surface area contributed by atoms with Crippen molar-refractivity contribution < 1.29 is 9.66 Å². The molecule has 0 saturated heterocycles. The number of hydrogen-bond donors (Lipinski definition) is 1. The van der Waals surface area contributed by atoms with E-state index in [2.05, 4.69) is 21.4 Å². The Morgan fingerprint density at radius 2 is 2.19 bits per heavy atom. The molecule has 8 heteroatoms. The number of hydrogen-bond acceptors (Lipinski definition) is 7. The fourth-order valence-electron chi connectivity index (χ4n) is 2.52. The lowest BCUT2D eigenvalue weighted by Gasteiger charge is -2.11. The van der Waals surface area contributed by atoms with Crippen molar-refractivity contribution in [3.05, 3.63) is 63.8 Å². The quantitative estimate of drug-likeness (QED) is 0.535. The minimum Gasteiger partial charge on any atom is -0.478 e. The Labute approximate surface area is 149 Å². The molecule has 0 aliphatic carbocycles. The Morgan fingerprint density at radius 3 is 2.92 bits per heavy atom. The van der Waals surface area contributed by atoms with E-state index in [1.54, 1.807) is 12.3 Å². The molecule has 3 rings (SSSR count). The maximum absolute atomic E-state index is 10.9. The summed E-state index contributed by atoms with van der Waals surface area (Å²) in [7, 11) is 0. The first kappa shape index (κ1) is 17.1. The number of ether oxygens (including phenoxy) is 1. The Hall–Kier alpha value is -3.73. The maximum Gasteiger partial charge on any atom is 0.270 e. The summed E-state index contributed by atoms with van der Waals surface area (Å²) < 4.78 is 5.49. The maximum atomic E-state index is 10.9. The van der Waals surface area contributed by atoms with Crippen LogP contribution in [-0.2, 0) is 6.54 Å². The Morgan fingerprint density at radius 1 is 1.35 bits per heavy atom. The van der Waals surface area contributed by atoms with Crippen LogP contribution in [-0.4, -0.2) is 21.5 Å². The molecule has 3 aromatic rings. The number of rotatable bonds is 6. The van der Waals surface area contributed by atoms with Crippen LogP contribution in [0.5, 0.6) is 5.88 Å². The van der Waals surface area contributed by atoms with Crippen molar-refractivity contribution in [2.75, 3.05) is 11.9 Å². The molecule has 0 aliphatic heterocycles. The third-order valence-corrected chi connectivity index (χ3v) is 3.71. The number of aromatic nitrogens is 2. The van der Waals surface area contributed by atoms with E-state index in [1.807, 2.05) is 19.1 Å². The summed E-state index contributed by atoms with van der Waals surface area (Å²) in [5.41, 5.74) is 1.61. The molecule has 0 bridgehead atoms. The molecular formula is C18H15N5O3. The molecule has 2 heterocycles. The van der Waals surface area contributed by atoms with E-state index in [9.17, 15) is 15.4 Å². The van der Waals surface area contributed by atoms with Crippen molar-refractivity contribution in [3.63, 3.8) is 0 Å². The highest BCUT2D eigenvalue weighted by molar-refractivity contribution is 5.88. The summed E-state index contributed by atoms with van der Waals surface area (Å²) in [6, 6.07) is 11.6. The number of nitro groups is 1. The third-order valence-electron chi connectivity index (χ3n) is 3.71. The molecule has 0 atom stereocenters. The van der Waals surface area contributed by atoms with Gasteiger partial charge in [-0.15, -0.1) is 0 Å². The van der Waals surface area contributed by atoms with E-state index in [0.717, 1.165) is 5.56 Å². The highest BCUT2D eigenvalue weighted by atomic mass is 16.6. The summed E-state index contributed by atoms with van der Waals surface area (Å²) in [4.78, 5) is 19.1. The van der Waals surface area contributed by atoms with Gasteiger partial charge in [-0.2, -0.15) is 5.26 Å². The van der Waals surface area contributed by atoms with E-state index >= 15 is 0 Å². The van der Waals surface area contributed by atoms with Gasteiger partial charge in [0, 0.05) is 35.8 Å². The molecule has 0 amide bonds. The average molecular weight is 349 g/mol. The zero-order valence-corrected chi connectivity index (χ0v) is 14.0. The SMILES string of the molecule is CCOc1ncccc1CNc1cc(C#N)c2cc([N+](=O)[O-])ccc2n1. The van der Waals surface area contributed by atoms with Crippen LogP contribution in [0.15, 0.2) is 42.6 Å². The summed E-state index contributed by atoms with van der Waals surface area (Å²) in [6.07, 6.45) is 1.66. The monoisotopic (exact) mass is 349 g/mol. The molecule has 26 heavy (non-hydrogen) atoms. The van der Waals surface area contributed by atoms with Gasteiger partial charge in [0.25, 0.3) is 5.69 Å². The second kappa shape index (κ2) is 7.44. The molecule has 0 fully saturated rings. The first-order valence-electron chi connectivity index (χ1n) is 7.92. The first-order valence-corrected chi connectivity index (χ1v) is 7.92. The minimum absolute atomic E-state index is 0.0757. The molecule has 0 radical (unpaired) electrons. The molecule has 1 aromatic carbocycles. The number of nitro benzene ring substituents is 1. The lowest BCUT2D eigenvalue weighted by molar-refractivity contribution is -0.384. The fourth-order valence-corrected chi connectivity index (χ4v) is 2.52. The topological polar surface area (TPSA) is 114 Å². The number of nitriles is 1. The number of nitrogens with one attached hydrogen (secondary N) is 1. The van der Waals surface area contributed by atoms with Crippen LogP contribution in [0.25, 0.3) is 10.9 Å². The molecule has 0 unspecified atom stereocenters. The summed E-state index contributed by atoms with van der Waals surface area (Å²) >= 11 is 0. The van der Waals surface area contributed by atoms with Gasteiger partial charge < -0.3 is 10.1 Å². The normalized spacial score (nSPS) is 10.3. The van der Waals surface area contributed by atoms with Crippen LogP contribution in [0.1, 0.15) is 18.1 Å². The summed E-state index contributed by atoms with van der Waals surface area (Å²) in [5, 5.41) is 23.9. The van der Waals surface area contributed by atoms with Gasteiger partial charge >= 0.3 is 0 Å². The molecule has 0 aliphatic rings. The lowest BCUT2D eigenvalue weighted by atomic mass is 10.1. The highest BCUT2D eigenvalue weighted by Gasteiger charge is 2.12. The van der Waals surface area contributed by atoms with E-state index in [0.29, 0.717) is 41.3 Å². The van der Waals surface area contributed by atoms with Crippen LogP contribution in [0.2, 0.25) is 0 Å². The molecular weight excluding hydrogens is 334 g/mol. The van der Waals surface area contributed by atoms with Gasteiger partial charge in [0.15, 0.2) is 0 Å². The first-order chi connectivity index (χ1) is 12.6. The van der Waals surface area contributed by atoms with Gasteiger partial charge in [0.1, 0.15) is 5.82 Å². The number of benzene rings is 1.